The Labute approximate surface area is 92.1 Å². The van der Waals surface area contributed by atoms with Crippen molar-refractivity contribution >= 4 is 50.7 Å². The highest BCUT2D eigenvalue weighted by molar-refractivity contribution is 14.1. The van der Waals surface area contributed by atoms with Crippen LogP contribution in [0.3, 0.4) is 0 Å². The van der Waals surface area contributed by atoms with Crippen molar-refractivity contribution in [1.82, 2.24) is 4.40 Å². The Morgan fingerprint density at radius 2 is 1.82 bits per heavy atom. The third kappa shape index (κ3) is 1.40. The maximum Gasteiger partial charge on any atom is 0.0594 e. The first-order valence-electron chi connectivity index (χ1n) is 3.19. The molecule has 0 N–H and O–H groups in total. The molecule has 0 spiro atoms. The van der Waals surface area contributed by atoms with Crippen molar-refractivity contribution in [1.29, 1.82) is 0 Å². The third-order valence-corrected chi connectivity index (χ3v) is 3.16. The van der Waals surface area contributed by atoms with Gasteiger partial charge in [0.2, 0.25) is 0 Å². The number of hydrogen-bond acceptors (Lipinski definition) is 0. The number of rotatable bonds is 0. The lowest BCUT2D eigenvalue weighted by Crippen LogP contribution is -1.81. The van der Waals surface area contributed by atoms with Crippen LogP contribution in [0.2, 0.25) is 0 Å². The van der Waals surface area contributed by atoms with E-state index in [0.717, 1.165) is 0 Å². The van der Waals surface area contributed by atoms with Crippen LogP contribution in [0.4, 0.5) is 0 Å². The van der Waals surface area contributed by atoms with Crippen molar-refractivity contribution in [3.05, 3.63) is 37.7 Å². The Bertz CT molecular complexity index is 392. The van der Waals surface area contributed by atoms with E-state index in [4.69, 9.17) is 0 Å². The first-order chi connectivity index (χ1) is 5.27. The molecule has 0 unspecified atom stereocenters. The molecule has 0 amide bonds. The highest BCUT2D eigenvalue weighted by atomic mass is 127. The molecule has 0 aliphatic carbocycles. The first-order valence-corrected chi connectivity index (χ1v) is 5.35. The smallest absolute Gasteiger partial charge is 0.0594 e. The van der Waals surface area contributed by atoms with E-state index in [1.807, 2.05) is 0 Å². The summed E-state index contributed by atoms with van der Waals surface area (Å²) in [7, 11) is 0. The topological polar surface area (TPSA) is 4.41 Å². The van der Waals surface area contributed by atoms with Gasteiger partial charge in [0, 0.05) is 19.5 Å². The van der Waals surface area contributed by atoms with Gasteiger partial charge in [-0.1, -0.05) is 0 Å². The van der Waals surface area contributed by atoms with Crippen molar-refractivity contribution in [3.63, 3.8) is 0 Å². The molecule has 0 aliphatic rings. The molecule has 0 aromatic carbocycles. The van der Waals surface area contributed by atoms with E-state index in [1.54, 1.807) is 0 Å². The van der Waals surface area contributed by atoms with Gasteiger partial charge in [0.05, 0.1) is 5.52 Å². The predicted molar refractivity (Wildman–Crippen MR) is 62.8 cm³/mol. The standard InChI is InChI=1S/C8H5I2N/c9-6-1-3-11-4-2-7(10)8(11)5-6/h1-5H. The van der Waals surface area contributed by atoms with Crippen LogP contribution in [0.25, 0.3) is 5.52 Å². The van der Waals surface area contributed by atoms with Crippen LogP contribution < -0.4 is 0 Å². The SMILES string of the molecule is Ic1ccn2ccc(I)c2c1. The summed E-state index contributed by atoms with van der Waals surface area (Å²) in [6, 6.07) is 6.40. The van der Waals surface area contributed by atoms with Crippen molar-refractivity contribution in [3.8, 4) is 0 Å². The molecule has 2 heterocycles. The van der Waals surface area contributed by atoms with Gasteiger partial charge in [0.15, 0.2) is 0 Å². The van der Waals surface area contributed by atoms with Crippen LogP contribution in [0.1, 0.15) is 0 Å². The number of nitrogens with zero attached hydrogens (tertiary/aromatic N) is 1. The average Bonchev–Trinajstić information content (AvgIpc) is 2.33. The lowest BCUT2D eigenvalue weighted by atomic mass is 10.4. The molecule has 3 heteroatoms. The van der Waals surface area contributed by atoms with Crippen LogP contribution in [0.15, 0.2) is 30.6 Å². The van der Waals surface area contributed by atoms with Gasteiger partial charge in [-0.3, -0.25) is 0 Å². The first kappa shape index (κ1) is 7.85. The number of aromatic nitrogens is 1. The molecule has 0 aliphatic heterocycles. The Morgan fingerprint density at radius 1 is 1.09 bits per heavy atom. The lowest BCUT2D eigenvalue weighted by Gasteiger charge is -1.94. The molecule has 11 heavy (non-hydrogen) atoms. The molecule has 0 bridgehead atoms. The second-order valence-corrected chi connectivity index (χ2v) is 4.71. The zero-order chi connectivity index (χ0) is 7.84. The Kier molecular flexibility index (Phi) is 2.09. The highest BCUT2D eigenvalue weighted by Crippen LogP contribution is 2.17. The minimum absolute atomic E-state index is 1.28. The maximum absolute atomic E-state index is 2.35. The highest BCUT2D eigenvalue weighted by Gasteiger charge is 1.97. The van der Waals surface area contributed by atoms with Gasteiger partial charge in [0.1, 0.15) is 0 Å². The minimum Gasteiger partial charge on any atom is -0.323 e. The summed E-state index contributed by atoms with van der Waals surface area (Å²) in [5.74, 6) is 0. The number of pyridine rings is 1. The summed E-state index contributed by atoms with van der Waals surface area (Å²) < 4.78 is 4.72. The van der Waals surface area contributed by atoms with Gasteiger partial charge in [-0.05, 0) is 63.4 Å². The fourth-order valence-corrected chi connectivity index (χ4v) is 2.09. The Morgan fingerprint density at radius 3 is 2.64 bits per heavy atom. The molecular weight excluding hydrogens is 364 g/mol. The fourth-order valence-electron chi connectivity index (χ4n) is 1.04. The van der Waals surface area contributed by atoms with E-state index in [-0.39, 0.29) is 0 Å². The van der Waals surface area contributed by atoms with Gasteiger partial charge in [-0.25, -0.2) is 0 Å². The van der Waals surface area contributed by atoms with Crippen molar-refractivity contribution in [2.45, 2.75) is 0 Å². The summed E-state index contributed by atoms with van der Waals surface area (Å²) in [6.45, 7) is 0. The lowest BCUT2D eigenvalue weighted by molar-refractivity contribution is 1.19. The van der Waals surface area contributed by atoms with Gasteiger partial charge >= 0.3 is 0 Å². The van der Waals surface area contributed by atoms with Crippen molar-refractivity contribution in [2.75, 3.05) is 0 Å². The van der Waals surface area contributed by atoms with Gasteiger partial charge in [-0.2, -0.15) is 0 Å². The summed E-state index contributed by atoms with van der Waals surface area (Å²) >= 11 is 4.67. The molecule has 56 valence electrons. The van der Waals surface area contributed by atoms with Gasteiger partial charge in [0.25, 0.3) is 0 Å². The third-order valence-electron chi connectivity index (χ3n) is 1.57. The van der Waals surface area contributed by atoms with Crippen molar-refractivity contribution < 1.29 is 0 Å². The fraction of sp³-hybridized carbons (Fsp3) is 0. The van der Waals surface area contributed by atoms with Crippen LogP contribution in [0, 0.1) is 7.14 Å². The molecule has 1 nitrogen and oxygen atoms in total. The second kappa shape index (κ2) is 2.93. The number of fused-ring (bicyclic) bond motifs is 1. The summed E-state index contributed by atoms with van der Waals surface area (Å²) in [5, 5.41) is 0. The van der Waals surface area contributed by atoms with Crippen LogP contribution >= 0.6 is 45.2 Å². The average molecular weight is 369 g/mol. The molecule has 0 radical (unpaired) electrons. The van der Waals surface area contributed by atoms with E-state index in [1.165, 1.54) is 12.7 Å². The molecule has 0 fully saturated rings. The maximum atomic E-state index is 2.35. The Balaban J connectivity index is 2.87. The largest absolute Gasteiger partial charge is 0.323 e. The normalized spacial score (nSPS) is 10.7. The second-order valence-electron chi connectivity index (χ2n) is 2.30. The quantitative estimate of drug-likeness (QED) is 0.629. The molecule has 0 saturated carbocycles. The predicted octanol–water partition coefficient (Wildman–Crippen LogP) is 3.15. The molecular formula is C8H5I2N. The van der Waals surface area contributed by atoms with E-state index < -0.39 is 0 Å². The summed E-state index contributed by atoms with van der Waals surface area (Å²) in [5.41, 5.74) is 1.29. The zero-order valence-electron chi connectivity index (χ0n) is 5.59. The zero-order valence-corrected chi connectivity index (χ0v) is 9.90. The number of halogens is 2. The van der Waals surface area contributed by atoms with Crippen LogP contribution in [-0.4, -0.2) is 4.40 Å². The number of hydrogen-bond donors (Lipinski definition) is 0. The van der Waals surface area contributed by atoms with Crippen LogP contribution in [0.5, 0.6) is 0 Å². The van der Waals surface area contributed by atoms with Crippen molar-refractivity contribution in [2.24, 2.45) is 0 Å². The van der Waals surface area contributed by atoms with Gasteiger partial charge in [-0.15, -0.1) is 0 Å². The van der Waals surface area contributed by atoms with E-state index >= 15 is 0 Å². The summed E-state index contributed by atoms with van der Waals surface area (Å²) in [4.78, 5) is 0. The molecule has 2 aromatic rings. The molecule has 2 rings (SSSR count). The minimum atomic E-state index is 1.28. The molecule has 0 saturated heterocycles. The van der Waals surface area contributed by atoms with Gasteiger partial charge < -0.3 is 4.40 Å². The Hall–Kier alpha value is 0.220. The summed E-state index contributed by atoms with van der Waals surface area (Å²) in [6.07, 6.45) is 4.16. The van der Waals surface area contributed by atoms with E-state index in [0.29, 0.717) is 0 Å². The van der Waals surface area contributed by atoms with E-state index in [2.05, 4.69) is 80.2 Å². The molecule has 2 aromatic heterocycles. The molecule has 0 atom stereocenters. The van der Waals surface area contributed by atoms with Crippen LogP contribution in [-0.2, 0) is 0 Å². The monoisotopic (exact) mass is 369 g/mol. The van der Waals surface area contributed by atoms with E-state index in [9.17, 15) is 0 Å².